The molecule has 30 heavy (non-hydrogen) atoms. The van der Waals surface area contributed by atoms with Crippen LogP contribution in [0.25, 0.3) is 0 Å². The molecule has 0 unspecified atom stereocenters. The molecule has 2 fully saturated rings. The smallest absolute Gasteiger partial charge is 0.273 e. The first-order chi connectivity index (χ1) is 14.6. The summed E-state index contributed by atoms with van der Waals surface area (Å²) in [6.07, 6.45) is 3.75. The van der Waals surface area contributed by atoms with Crippen molar-refractivity contribution in [1.29, 1.82) is 0 Å². The number of rotatable bonds is 6. The van der Waals surface area contributed by atoms with Gasteiger partial charge in [-0.2, -0.15) is 0 Å². The van der Waals surface area contributed by atoms with Crippen LogP contribution in [0.3, 0.4) is 0 Å². The number of piperidine rings is 1. The maximum atomic E-state index is 12.9. The second kappa shape index (κ2) is 9.76. The highest BCUT2D eigenvalue weighted by Gasteiger charge is 2.30. The Morgan fingerprint density at radius 1 is 1.27 bits per heavy atom. The van der Waals surface area contributed by atoms with Crippen LogP contribution < -0.4 is 10.6 Å². The lowest BCUT2D eigenvalue weighted by molar-refractivity contribution is -0.126. The topological polar surface area (TPSA) is 83.6 Å². The number of aromatic nitrogens is 1. The first-order valence-electron chi connectivity index (χ1n) is 10.3. The average molecular weight is 449 g/mol. The third kappa shape index (κ3) is 5.11. The summed E-state index contributed by atoms with van der Waals surface area (Å²) in [4.78, 5) is 31.6. The third-order valence-electron chi connectivity index (χ3n) is 5.45. The van der Waals surface area contributed by atoms with E-state index in [0.717, 1.165) is 38.0 Å². The largest absolute Gasteiger partial charge is 0.376 e. The Labute approximate surface area is 184 Å². The number of nitrogens with zero attached hydrogens (tertiary/aromatic N) is 2. The maximum Gasteiger partial charge on any atom is 0.273 e. The fraction of sp³-hybridized carbons (Fsp3) is 0.476. The van der Waals surface area contributed by atoms with E-state index in [9.17, 15) is 9.59 Å². The van der Waals surface area contributed by atoms with Crippen LogP contribution in [0.15, 0.2) is 29.6 Å². The molecule has 0 radical (unpaired) electrons. The van der Waals surface area contributed by atoms with E-state index in [4.69, 9.17) is 16.3 Å². The predicted molar refractivity (Wildman–Crippen MR) is 117 cm³/mol. The van der Waals surface area contributed by atoms with E-state index < -0.39 is 0 Å². The number of benzene rings is 1. The van der Waals surface area contributed by atoms with E-state index in [1.54, 1.807) is 16.3 Å². The number of hydrogen-bond donors (Lipinski definition) is 2. The molecule has 0 aliphatic carbocycles. The second-order valence-corrected chi connectivity index (χ2v) is 8.88. The molecule has 1 aromatic carbocycles. The van der Waals surface area contributed by atoms with Crippen molar-refractivity contribution in [3.05, 3.63) is 40.4 Å². The lowest BCUT2D eigenvalue weighted by Crippen LogP contribution is -2.46. The minimum Gasteiger partial charge on any atom is -0.376 e. The van der Waals surface area contributed by atoms with E-state index >= 15 is 0 Å². The Kier molecular flexibility index (Phi) is 6.86. The standard InChI is InChI=1S/C21H25ClN4O3S/c22-16-7-1-2-8-17(16)24-21-25-18(13-30-21)20(28)26-9-3-5-14(12-26)19(27)23-11-15-6-4-10-29-15/h1-2,7-8,13-15H,3-6,9-12H2,(H,23,27)(H,24,25)/t14-,15-/m1/s1. The van der Waals surface area contributed by atoms with E-state index in [1.807, 2.05) is 18.2 Å². The Hall–Kier alpha value is -2.16. The van der Waals surface area contributed by atoms with Crippen molar-refractivity contribution in [3.8, 4) is 0 Å². The van der Waals surface area contributed by atoms with Gasteiger partial charge in [-0.25, -0.2) is 4.98 Å². The zero-order valence-corrected chi connectivity index (χ0v) is 18.2. The summed E-state index contributed by atoms with van der Waals surface area (Å²) in [6.45, 7) is 2.37. The number of nitrogens with one attached hydrogen (secondary N) is 2. The van der Waals surface area contributed by atoms with Gasteiger partial charge in [-0.15, -0.1) is 11.3 Å². The SMILES string of the molecule is O=C(NC[C@H]1CCCO1)[C@@H]1CCCN(C(=O)c2csc(Nc3ccccc3Cl)n2)C1. The molecule has 160 valence electrons. The van der Waals surface area contributed by atoms with Crippen LogP contribution in [0, 0.1) is 5.92 Å². The summed E-state index contributed by atoms with van der Waals surface area (Å²) >= 11 is 7.52. The van der Waals surface area contributed by atoms with Gasteiger partial charge in [0, 0.05) is 31.6 Å². The molecule has 0 bridgehead atoms. The number of halogens is 1. The fourth-order valence-electron chi connectivity index (χ4n) is 3.81. The molecule has 2 saturated heterocycles. The zero-order valence-electron chi connectivity index (χ0n) is 16.6. The van der Waals surface area contributed by atoms with Gasteiger partial charge in [0.05, 0.1) is 22.7 Å². The Morgan fingerprint density at radius 3 is 2.93 bits per heavy atom. The molecule has 3 heterocycles. The fourth-order valence-corrected chi connectivity index (χ4v) is 4.69. The summed E-state index contributed by atoms with van der Waals surface area (Å²) in [7, 11) is 0. The van der Waals surface area contributed by atoms with Gasteiger partial charge >= 0.3 is 0 Å². The summed E-state index contributed by atoms with van der Waals surface area (Å²) < 4.78 is 5.56. The van der Waals surface area contributed by atoms with Crippen LogP contribution in [0.5, 0.6) is 0 Å². The predicted octanol–water partition coefficient (Wildman–Crippen LogP) is 3.69. The average Bonchev–Trinajstić information content (AvgIpc) is 3.45. The van der Waals surface area contributed by atoms with Crippen LogP contribution in [-0.2, 0) is 9.53 Å². The number of carbonyl (C=O) groups is 2. The third-order valence-corrected chi connectivity index (χ3v) is 6.53. The van der Waals surface area contributed by atoms with E-state index in [2.05, 4.69) is 15.6 Å². The van der Waals surface area contributed by atoms with Crippen molar-refractivity contribution in [2.45, 2.75) is 31.8 Å². The summed E-state index contributed by atoms with van der Waals surface area (Å²) in [5.41, 5.74) is 1.13. The van der Waals surface area contributed by atoms with Crippen LogP contribution in [0.1, 0.15) is 36.2 Å². The number of amides is 2. The minimum absolute atomic E-state index is 0.00218. The lowest BCUT2D eigenvalue weighted by Gasteiger charge is -2.31. The molecule has 2 amide bonds. The van der Waals surface area contributed by atoms with Crippen LogP contribution >= 0.6 is 22.9 Å². The number of ether oxygens (including phenoxy) is 1. The quantitative estimate of drug-likeness (QED) is 0.704. The molecule has 2 N–H and O–H groups in total. The number of likely N-dealkylation sites (tertiary alicyclic amines) is 1. The van der Waals surface area contributed by atoms with E-state index in [0.29, 0.717) is 35.5 Å². The Bertz CT molecular complexity index is 900. The molecular formula is C21H25ClN4O3S. The minimum atomic E-state index is -0.191. The second-order valence-electron chi connectivity index (χ2n) is 7.61. The number of para-hydroxylation sites is 1. The molecule has 2 atom stereocenters. The van der Waals surface area contributed by atoms with Gasteiger partial charge in [0.25, 0.3) is 5.91 Å². The van der Waals surface area contributed by atoms with Crippen LogP contribution in [0.2, 0.25) is 5.02 Å². The van der Waals surface area contributed by atoms with Crippen molar-refractivity contribution in [2.24, 2.45) is 5.92 Å². The van der Waals surface area contributed by atoms with Gasteiger partial charge in [0.2, 0.25) is 5.91 Å². The van der Waals surface area contributed by atoms with Gasteiger partial charge in [-0.1, -0.05) is 23.7 Å². The zero-order chi connectivity index (χ0) is 20.9. The molecular weight excluding hydrogens is 424 g/mol. The van der Waals surface area contributed by atoms with E-state index in [-0.39, 0.29) is 23.8 Å². The molecule has 2 aliphatic heterocycles. The summed E-state index contributed by atoms with van der Waals surface area (Å²) in [5.74, 6) is -0.333. The van der Waals surface area contributed by atoms with Crippen molar-refractivity contribution >= 4 is 45.6 Å². The number of anilines is 2. The van der Waals surface area contributed by atoms with Gasteiger partial charge < -0.3 is 20.3 Å². The van der Waals surface area contributed by atoms with Gasteiger partial charge in [-0.3, -0.25) is 9.59 Å². The number of hydrogen-bond acceptors (Lipinski definition) is 6. The molecule has 1 aromatic heterocycles. The lowest BCUT2D eigenvalue weighted by atomic mass is 9.97. The van der Waals surface area contributed by atoms with Crippen LogP contribution in [0.4, 0.5) is 10.8 Å². The van der Waals surface area contributed by atoms with Crippen molar-refractivity contribution in [1.82, 2.24) is 15.2 Å². The molecule has 0 spiro atoms. The maximum absolute atomic E-state index is 12.9. The number of carbonyl (C=O) groups excluding carboxylic acids is 2. The van der Waals surface area contributed by atoms with Gasteiger partial charge in [0.1, 0.15) is 5.69 Å². The Balaban J connectivity index is 1.33. The van der Waals surface area contributed by atoms with Crippen molar-refractivity contribution < 1.29 is 14.3 Å². The normalized spacial score (nSPS) is 21.4. The van der Waals surface area contributed by atoms with Crippen molar-refractivity contribution in [3.63, 3.8) is 0 Å². The number of thiazole rings is 1. The van der Waals surface area contributed by atoms with Gasteiger partial charge in [-0.05, 0) is 37.8 Å². The van der Waals surface area contributed by atoms with Crippen molar-refractivity contribution in [2.75, 3.05) is 31.6 Å². The molecule has 4 rings (SSSR count). The monoisotopic (exact) mass is 448 g/mol. The molecule has 9 heteroatoms. The van der Waals surface area contributed by atoms with Crippen LogP contribution in [-0.4, -0.2) is 54.0 Å². The molecule has 7 nitrogen and oxygen atoms in total. The molecule has 2 aliphatic rings. The van der Waals surface area contributed by atoms with Gasteiger partial charge in [0.15, 0.2) is 5.13 Å². The van der Waals surface area contributed by atoms with E-state index in [1.165, 1.54) is 11.3 Å². The molecule has 0 saturated carbocycles. The first-order valence-corrected chi connectivity index (χ1v) is 11.5. The summed E-state index contributed by atoms with van der Waals surface area (Å²) in [6, 6.07) is 7.39. The highest BCUT2D eigenvalue weighted by atomic mass is 35.5. The highest BCUT2D eigenvalue weighted by Crippen LogP contribution is 2.27. The Morgan fingerprint density at radius 2 is 2.13 bits per heavy atom. The first kappa shape index (κ1) is 21.1. The molecule has 2 aromatic rings. The summed E-state index contributed by atoms with van der Waals surface area (Å²) in [5, 5.41) is 9.08. The highest BCUT2D eigenvalue weighted by molar-refractivity contribution is 7.14.